The van der Waals surface area contributed by atoms with Gasteiger partial charge < -0.3 is 19.4 Å². The molecule has 1 amide bonds. The number of hydrogen-bond donors (Lipinski definition) is 1. The highest BCUT2D eigenvalue weighted by Crippen LogP contribution is 2.32. The fourth-order valence-electron chi connectivity index (χ4n) is 3.70. The maximum atomic E-state index is 12.7. The van der Waals surface area contributed by atoms with Crippen molar-refractivity contribution in [1.29, 1.82) is 0 Å². The molecule has 3 heterocycles. The lowest BCUT2D eigenvalue weighted by Crippen LogP contribution is -2.38. The van der Waals surface area contributed by atoms with Gasteiger partial charge in [0.15, 0.2) is 0 Å². The van der Waals surface area contributed by atoms with Crippen molar-refractivity contribution in [3.05, 3.63) is 41.9 Å². The van der Waals surface area contributed by atoms with Crippen LogP contribution in [0.4, 0.5) is 11.5 Å². The van der Waals surface area contributed by atoms with Crippen molar-refractivity contribution in [3.63, 3.8) is 0 Å². The number of anilines is 2. The lowest BCUT2D eigenvalue weighted by molar-refractivity contribution is -0.120. The Bertz CT molecular complexity index is 1010. The van der Waals surface area contributed by atoms with E-state index in [1.54, 1.807) is 13.4 Å². The van der Waals surface area contributed by atoms with E-state index in [0.29, 0.717) is 5.71 Å². The van der Waals surface area contributed by atoms with Crippen LogP contribution in [0.1, 0.15) is 24.2 Å². The maximum Gasteiger partial charge on any atom is 0.231 e. The summed E-state index contributed by atoms with van der Waals surface area (Å²) in [5, 5.41) is 3.98. The number of amides is 1. The fourth-order valence-corrected chi connectivity index (χ4v) is 3.70. The highest BCUT2D eigenvalue weighted by Gasteiger charge is 2.27. The van der Waals surface area contributed by atoms with Crippen LogP contribution in [0.3, 0.4) is 0 Å². The molecule has 7 nitrogen and oxygen atoms in total. The minimum atomic E-state index is -0.0213. The van der Waals surface area contributed by atoms with Crippen LogP contribution >= 0.6 is 0 Å². The molecule has 3 aromatic rings. The summed E-state index contributed by atoms with van der Waals surface area (Å²) in [6, 6.07) is 7.43. The number of piperidine rings is 1. The van der Waals surface area contributed by atoms with Gasteiger partial charge in [-0.15, -0.1) is 0 Å². The minimum Gasteiger partial charge on any atom is -0.497 e. The average Bonchev–Trinajstić information content (AvgIpc) is 3.02. The number of furan rings is 1. The predicted molar refractivity (Wildman–Crippen MR) is 108 cm³/mol. The first kappa shape index (κ1) is 18.3. The predicted octanol–water partition coefficient (Wildman–Crippen LogP) is 3.70. The number of carbonyl (C=O) groups is 1. The van der Waals surface area contributed by atoms with Gasteiger partial charge in [0, 0.05) is 36.3 Å². The van der Waals surface area contributed by atoms with E-state index in [2.05, 4.69) is 20.2 Å². The number of hydrogen-bond acceptors (Lipinski definition) is 6. The third kappa shape index (κ3) is 3.40. The van der Waals surface area contributed by atoms with E-state index >= 15 is 0 Å². The number of ether oxygens (including phenoxy) is 1. The summed E-state index contributed by atoms with van der Waals surface area (Å²) in [4.78, 5) is 23.6. The summed E-state index contributed by atoms with van der Waals surface area (Å²) in [6.07, 6.45) is 3.09. The largest absolute Gasteiger partial charge is 0.497 e. The van der Waals surface area contributed by atoms with Crippen molar-refractivity contribution in [1.82, 2.24) is 9.97 Å². The van der Waals surface area contributed by atoms with E-state index in [-0.39, 0.29) is 11.8 Å². The molecule has 0 radical (unpaired) electrons. The van der Waals surface area contributed by atoms with Crippen LogP contribution in [-0.4, -0.2) is 36.1 Å². The molecule has 1 aliphatic heterocycles. The van der Waals surface area contributed by atoms with Crippen molar-refractivity contribution in [2.45, 2.75) is 26.7 Å². The Labute approximate surface area is 163 Å². The zero-order chi connectivity index (χ0) is 19.7. The summed E-state index contributed by atoms with van der Waals surface area (Å²) < 4.78 is 10.9. The SMILES string of the molecule is COc1cccc(NC(=O)C2CCN(c3ncnc4oc(C)c(C)c34)CC2)c1. The van der Waals surface area contributed by atoms with Gasteiger partial charge in [0.1, 0.15) is 23.7 Å². The molecule has 7 heteroatoms. The first-order valence-corrected chi connectivity index (χ1v) is 9.47. The number of nitrogens with one attached hydrogen (secondary N) is 1. The number of methoxy groups -OCH3 is 1. The van der Waals surface area contributed by atoms with Crippen molar-refractivity contribution in [2.75, 3.05) is 30.4 Å². The van der Waals surface area contributed by atoms with Crippen LogP contribution in [-0.2, 0) is 4.79 Å². The number of nitrogens with zero attached hydrogens (tertiary/aromatic N) is 3. The molecule has 1 N–H and O–H groups in total. The Morgan fingerprint density at radius 3 is 2.79 bits per heavy atom. The standard InChI is InChI=1S/C21H24N4O3/c1-13-14(2)28-21-18(13)19(22-12-23-21)25-9-7-15(8-10-25)20(26)24-16-5-4-6-17(11-16)27-3/h4-6,11-12,15H,7-10H2,1-3H3,(H,24,26). The number of carbonyl (C=O) groups excluding carboxylic acids is 1. The molecule has 0 spiro atoms. The fraction of sp³-hybridized carbons (Fsp3) is 0.381. The molecular formula is C21H24N4O3. The highest BCUT2D eigenvalue weighted by atomic mass is 16.5. The van der Waals surface area contributed by atoms with Gasteiger partial charge in [-0.1, -0.05) is 6.07 Å². The Hall–Kier alpha value is -3.09. The third-order valence-corrected chi connectivity index (χ3v) is 5.45. The molecule has 4 rings (SSSR count). The van der Waals surface area contributed by atoms with E-state index in [0.717, 1.165) is 59.9 Å². The Kier molecular flexibility index (Phi) is 4.90. The van der Waals surface area contributed by atoms with Crippen LogP contribution in [0.15, 0.2) is 35.0 Å². The van der Waals surface area contributed by atoms with Crippen LogP contribution in [0, 0.1) is 19.8 Å². The molecule has 146 valence electrons. The number of fused-ring (bicyclic) bond motifs is 1. The third-order valence-electron chi connectivity index (χ3n) is 5.45. The minimum absolute atomic E-state index is 0.0213. The maximum absolute atomic E-state index is 12.7. The van der Waals surface area contributed by atoms with Crippen molar-refractivity contribution in [2.24, 2.45) is 5.92 Å². The Morgan fingerprint density at radius 2 is 2.04 bits per heavy atom. The second-order valence-electron chi connectivity index (χ2n) is 7.14. The zero-order valence-corrected chi connectivity index (χ0v) is 16.4. The van der Waals surface area contributed by atoms with Gasteiger partial charge in [0.25, 0.3) is 0 Å². The van der Waals surface area contributed by atoms with Gasteiger partial charge in [-0.3, -0.25) is 4.79 Å². The van der Waals surface area contributed by atoms with Gasteiger partial charge in [-0.25, -0.2) is 9.97 Å². The van der Waals surface area contributed by atoms with E-state index < -0.39 is 0 Å². The second-order valence-corrected chi connectivity index (χ2v) is 7.14. The smallest absolute Gasteiger partial charge is 0.231 e. The summed E-state index contributed by atoms with van der Waals surface area (Å²) in [5.41, 5.74) is 2.45. The van der Waals surface area contributed by atoms with Crippen molar-refractivity contribution >= 4 is 28.5 Å². The van der Waals surface area contributed by atoms with Crippen molar-refractivity contribution in [3.8, 4) is 5.75 Å². The van der Waals surface area contributed by atoms with E-state index in [4.69, 9.17) is 9.15 Å². The lowest BCUT2D eigenvalue weighted by Gasteiger charge is -2.32. The first-order chi connectivity index (χ1) is 13.6. The number of aryl methyl sites for hydroxylation is 2. The average molecular weight is 380 g/mol. The Balaban J connectivity index is 1.44. The highest BCUT2D eigenvalue weighted by molar-refractivity contribution is 5.93. The molecule has 0 aliphatic carbocycles. The monoisotopic (exact) mass is 380 g/mol. The van der Waals surface area contributed by atoms with Crippen LogP contribution < -0.4 is 15.0 Å². The van der Waals surface area contributed by atoms with Crippen LogP contribution in [0.2, 0.25) is 0 Å². The molecule has 2 aromatic heterocycles. The summed E-state index contributed by atoms with van der Waals surface area (Å²) in [7, 11) is 1.62. The summed E-state index contributed by atoms with van der Waals surface area (Å²) >= 11 is 0. The second kappa shape index (κ2) is 7.50. The molecule has 1 fully saturated rings. The van der Waals surface area contributed by atoms with Crippen LogP contribution in [0.5, 0.6) is 5.75 Å². The Morgan fingerprint density at radius 1 is 1.25 bits per heavy atom. The molecule has 0 bridgehead atoms. The summed E-state index contributed by atoms with van der Waals surface area (Å²) in [5.74, 6) is 2.52. The van der Waals surface area contributed by atoms with Gasteiger partial charge in [0.05, 0.1) is 12.5 Å². The van der Waals surface area contributed by atoms with Gasteiger partial charge in [-0.05, 0) is 38.8 Å². The van der Waals surface area contributed by atoms with E-state index in [9.17, 15) is 4.79 Å². The lowest BCUT2D eigenvalue weighted by atomic mass is 9.95. The molecule has 0 saturated carbocycles. The first-order valence-electron chi connectivity index (χ1n) is 9.47. The zero-order valence-electron chi connectivity index (χ0n) is 16.4. The van der Waals surface area contributed by atoms with Gasteiger partial charge >= 0.3 is 0 Å². The summed E-state index contributed by atoms with van der Waals surface area (Å²) in [6.45, 7) is 5.51. The van der Waals surface area contributed by atoms with E-state index in [1.165, 1.54) is 0 Å². The molecular weight excluding hydrogens is 356 g/mol. The van der Waals surface area contributed by atoms with Crippen molar-refractivity contribution < 1.29 is 13.9 Å². The molecule has 1 saturated heterocycles. The topological polar surface area (TPSA) is 80.5 Å². The number of rotatable bonds is 4. The number of benzene rings is 1. The molecule has 28 heavy (non-hydrogen) atoms. The number of aromatic nitrogens is 2. The quantitative estimate of drug-likeness (QED) is 0.743. The molecule has 1 aliphatic rings. The molecule has 0 unspecified atom stereocenters. The van der Waals surface area contributed by atoms with Crippen LogP contribution in [0.25, 0.3) is 11.1 Å². The van der Waals surface area contributed by atoms with Gasteiger partial charge in [0.2, 0.25) is 11.6 Å². The normalized spacial score (nSPS) is 15.0. The van der Waals surface area contributed by atoms with Gasteiger partial charge in [-0.2, -0.15) is 0 Å². The molecule has 0 atom stereocenters. The van der Waals surface area contributed by atoms with E-state index in [1.807, 2.05) is 38.1 Å². The molecule has 1 aromatic carbocycles.